The number of carbonyl (C=O) groups is 1. The predicted octanol–water partition coefficient (Wildman–Crippen LogP) is 1.63. The van der Waals surface area contributed by atoms with Gasteiger partial charge in [0.15, 0.2) is 0 Å². The summed E-state index contributed by atoms with van der Waals surface area (Å²) >= 11 is 6.10. The first-order valence-corrected chi connectivity index (χ1v) is 7.54. The van der Waals surface area contributed by atoms with Gasteiger partial charge in [-0.2, -0.15) is 0 Å². The molecule has 5 heteroatoms. The minimum Gasteiger partial charge on any atom is -0.368 e. The van der Waals surface area contributed by atoms with E-state index in [1.54, 1.807) is 6.08 Å². The van der Waals surface area contributed by atoms with Crippen molar-refractivity contribution in [3.63, 3.8) is 0 Å². The van der Waals surface area contributed by atoms with Crippen molar-refractivity contribution in [1.29, 1.82) is 0 Å². The Bertz CT molecular complexity index is 490. The summed E-state index contributed by atoms with van der Waals surface area (Å²) in [7, 11) is 0. The van der Waals surface area contributed by atoms with Crippen LogP contribution in [0.15, 0.2) is 34.4 Å². The van der Waals surface area contributed by atoms with Crippen LogP contribution in [0.3, 0.4) is 0 Å². The molecule has 20 heavy (non-hydrogen) atoms. The Morgan fingerprint density at radius 2 is 2.40 bits per heavy atom. The maximum atomic E-state index is 12.4. The zero-order chi connectivity index (χ0) is 13.9. The molecule has 2 aliphatic heterocycles. The third kappa shape index (κ3) is 2.97. The monoisotopic (exact) mass is 294 g/mol. The highest BCUT2D eigenvalue weighted by atomic mass is 35.5. The summed E-state index contributed by atoms with van der Waals surface area (Å²) in [6, 6.07) is 0.386. The first-order chi connectivity index (χ1) is 9.74. The van der Waals surface area contributed by atoms with Crippen molar-refractivity contribution in [3.8, 4) is 0 Å². The Morgan fingerprint density at radius 1 is 1.50 bits per heavy atom. The van der Waals surface area contributed by atoms with Crippen LogP contribution in [0.5, 0.6) is 0 Å². The van der Waals surface area contributed by atoms with Gasteiger partial charge < -0.3 is 15.4 Å². The van der Waals surface area contributed by atoms with Crippen LogP contribution in [0.2, 0.25) is 0 Å². The number of carbonyl (C=O) groups excluding carboxylic acids is 1. The van der Waals surface area contributed by atoms with E-state index in [0.29, 0.717) is 29.8 Å². The van der Waals surface area contributed by atoms with Gasteiger partial charge in [0.2, 0.25) is 5.91 Å². The summed E-state index contributed by atoms with van der Waals surface area (Å²) < 4.78 is 5.72. The third-order valence-corrected chi connectivity index (χ3v) is 4.12. The molecule has 0 aromatic rings. The van der Waals surface area contributed by atoms with E-state index in [1.165, 1.54) is 6.42 Å². The number of ether oxygens (including phenoxy) is 1. The minimum atomic E-state index is -0.261. The second-order valence-electron chi connectivity index (χ2n) is 5.38. The molecule has 0 saturated carbocycles. The van der Waals surface area contributed by atoms with Crippen molar-refractivity contribution in [2.75, 3.05) is 19.7 Å². The summed E-state index contributed by atoms with van der Waals surface area (Å²) in [4.78, 5) is 12.4. The lowest BCUT2D eigenvalue weighted by Gasteiger charge is -2.28. The highest BCUT2D eigenvalue weighted by molar-refractivity contribution is 6.32. The minimum absolute atomic E-state index is 0.0808. The van der Waals surface area contributed by atoms with Gasteiger partial charge >= 0.3 is 0 Å². The fourth-order valence-electron chi connectivity index (χ4n) is 2.88. The number of allylic oxidation sites excluding steroid dienone is 2. The quantitative estimate of drug-likeness (QED) is 0.832. The van der Waals surface area contributed by atoms with Crippen LogP contribution >= 0.6 is 11.6 Å². The van der Waals surface area contributed by atoms with Crippen molar-refractivity contribution in [2.45, 2.75) is 31.4 Å². The molecule has 3 rings (SSSR count). The van der Waals surface area contributed by atoms with Crippen LogP contribution in [-0.4, -0.2) is 37.7 Å². The molecule has 0 bridgehead atoms. The Balaban J connectivity index is 1.67. The number of rotatable bonds is 3. The van der Waals surface area contributed by atoms with Crippen molar-refractivity contribution < 1.29 is 9.53 Å². The van der Waals surface area contributed by atoms with Crippen molar-refractivity contribution >= 4 is 17.5 Å². The fraction of sp³-hybridized carbons (Fsp3) is 0.533. The van der Waals surface area contributed by atoms with E-state index in [1.807, 2.05) is 6.08 Å². The number of fused-ring (bicyclic) bond motifs is 1. The zero-order valence-corrected chi connectivity index (χ0v) is 12.1. The SMILES string of the molecule is O=C(NCC1CCCN1)C1=CC(Cl)=CC2=CCCOC21. The number of halogens is 1. The molecule has 0 aromatic carbocycles. The summed E-state index contributed by atoms with van der Waals surface area (Å²) in [6.45, 7) is 2.34. The number of amides is 1. The molecule has 2 heterocycles. The lowest BCUT2D eigenvalue weighted by atomic mass is 9.93. The molecule has 1 saturated heterocycles. The second-order valence-corrected chi connectivity index (χ2v) is 5.81. The van der Waals surface area contributed by atoms with Crippen molar-refractivity contribution in [1.82, 2.24) is 10.6 Å². The summed E-state index contributed by atoms with van der Waals surface area (Å²) in [5, 5.41) is 6.94. The molecule has 1 fully saturated rings. The molecule has 2 N–H and O–H groups in total. The molecule has 108 valence electrons. The Hall–Kier alpha value is -1.10. The highest BCUT2D eigenvalue weighted by Gasteiger charge is 2.29. The fourth-order valence-corrected chi connectivity index (χ4v) is 3.12. The van der Waals surface area contributed by atoms with Crippen LogP contribution < -0.4 is 10.6 Å². The van der Waals surface area contributed by atoms with Crippen LogP contribution in [0.4, 0.5) is 0 Å². The van der Waals surface area contributed by atoms with E-state index in [9.17, 15) is 4.79 Å². The molecule has 1 amide bonds. The second kappa shape index (κ2) is 6.12. The van der Waals surface area contributed by atoms with E-state index < -0.39 is 0 Å². The topological polar surface area (TPSA) is 50.4 Å². The van der Waals surface area contributed by atoms with Crippen LogP contribution in [0, 0.1) is 0 Å². The smallest absolute Gasteiger partial charge is 0.250 e. The summed E-state index contributed by atoms with van der Waals surface area (Å²) in [5.41, 5.74) is 1.61. The summed E-state index contributed by atoms with van der Waals surface area (Å²) in [5.74, 6) is -0.0808. The standard InChI is InChI=1S/C15H19ClN2O2/c16-11-7-10-3-2-6-20-14(10)13(8-11)15(19)18-9-12-4-1-5-17-12/h3,7-8,12,14,17H,1-2,4-6,9H2,(H,18,19). The largest absolute Gasteiger partial charge is 0.368 e. The Morgan fingerprint density at radius 3 is 3.20 bits per heavy atom. The molecule has 0 radical (unpaired) electrons. The molecule has 1 aliphatic carbocycles. The predicted molar refractivity (Wildman–Crippen MR) is 78.5 cm³/mol. The van der Waals surface area contributed by atoms with Crippen LogP contribution in [-0.2, 0) is 9.53 Å². The van der Waals surface area contributed by atoms with Gasteiger partial charge in [0.1, 0.15) is 6.10 Å². The van der Waals surface area contributed by atoms with Gasteiger partial charge in [0.25, 0.3) is 0 Å². The lowest BCUT2D eigenvalue weighted by Crippen LogP contribution is -2.41. The lowest BCUT2D eigenvalue weighted by molar-refractivity contribution is -0.118. The maximum absolute atomic E-state index is 12.4. The van der Waals surface area contributed by atoms with Gasteiger partial charge in [-0.3, -0.25) is 4.79 Å². The van der Waals surface area contributed by atoms with E-state index in [-0.39, 0.29) is 12.0 Å². The van der Waals surface area contributed by atoms with Crippen LogP contribution in [0.25, 0.3) is 0 Å². The highest BCUT2D eigenvalue weighted by Crippen LogP contribution is 2.30. The average molecular weight is 295 g/mol. The number of hydrogen-bond acceptors (Lipinski definition) is 3. The van der Waals surface area contributed by atoms with Gasteiger partial charge in [0, 0.05) is 17.6 Å². The molecule has 2 unspecified atom stereocenters. The van der Waals surface area contributed by atoms with E-state index in [0.717, 1.165) is 25.0 Å². The molecule has 0 aromatic heterocycles. The molecule has 4 nitrogen and oxygen atoms in total. The maximum Gasteiger partial charge on any atom is 0.250 e. The van der Waals surface area contributed by atoms with E-state index in [2.05, 4.69) is 16.7 Å². The van der Waals surface area contributed by atoms with Gasteiger partial charge in [-0.1, -0.05) is 17.7 Å². The van der Waals surface area contributed by atoms with E-state index in [4.69, 9.17) is 16.3 Å². The number of hydrogen-bond donors (Lipinski definition) is 2. The molecule has 0 spiro atoms. The molecule has 2 atom stereocenters. The third-order valence-electron chi connectivity index (χ3n) is 3.90. The average Bonchev–Trinajstić information content (AvgIpc) is 2.97. The molecular weight excluding hydrogens is 276 g/mol. The number of nitrogens with one attached hydrogen (secondary N) is 2. The van der Waals surface area contributed by atoms with E-state index >= 15 is 0 Å². The molecular formula is C15H19ClN2O2. The normalized spacial score (nSPS) is 29.1. The van der Waals surface area contributed by atoms with Crippen molar-refractivity contribution in [3.05, 3.63) is 34.4 Å². The Kier molecular flexibility index (Phi) is 4.24. The molecule has 3 aliphatic rings. The van der Waals surface area contributed by atoms with Crippen LogP contribution in [0.1, 0.15) is 19.3 Å². The Labute approximate surface area is 123 Å². The van der Waals surface area contributed by atoms with Crippen molar-refractivity contribution in [2.24, 2.45) is 0 Å². The van der Waals surface area contributed by atoms with Gasteiger partial charge in [-0.25, -0.2) is 0 Å². The van der Waals surface area contributed by atoms with Gasteiger partial charge in [-0.05, 0) is 43.5 Å². The van der Waals surface area contributed by atoms with Gasteiger partial charge in [-0.15, -0.1) is 0 Å². The first-order valence-electron chi connectivity index (χ1n) is 7.16. The zero-order valence-electron chi connectivity index (χ0n) is 11.3. The summed E-state index contributed by atoms with van der Waals surface area (Å²) in [6.07, 6.45) is 8.58. The first kappa shape index (κ1) is 13.9. The van der Waals surface area contributed by atoms with Gasteiger partial charge in [0.05, 0.1) is 12.2 Å².